The molecule has 1 unspecified atom stereocenters. The number of nitrogens with one attached hydrogen (secondary N) is 1. The highest BCUT2D eigenvalue weighted by atomic mass is 35.5. The summed E-state index contributed by atoms with van der Waals surface area (Å²) in [5.74, 6) is 0.503. The summed E-state index contributed by atoms with van der Waals surface area (Å²) in [6, 6.07) is 0. The van der Waals surface area contributed by atoms with Crippen molar-refractivity contribution in [2.24, 2.45) is 0 Å². The fourth-order valence-corrected chi connectivity index (χ4v) is 1.85. The number of amides is 1. The molecule has 1 amide bonds. The molecular formula is C10H17Cl2NO2. The number of hydrogen-bond donors (Lipinski definition) is 1. The fraction of sp³-hybridized carbons (Fsp3) is 0.900. The highest BCUT2D eigenvalue weighted by Gasteiger charge is 2.29. The molecular weight excluding hydrogens is 237 g/mol. The number of ether oxygens (including phenoxy) is 1. The van der Waals surface area contributed by atoms with Gasteiger partial charge in [0.1, 0.15) is 6.10 Å². The summed E-state index contributed by atoms with van der Waals surface area (Å²) in [4.78, 5) is 11.8. The Labute approximate surface area is 100 Å². The van der Waals surface area contributed by atoms with Crippen molar-refractivity contribution in [3.8, 4) is 0 Å². The molecule has 1 fully saturated rings. The van der Waals surface area contributed by atoms with E-state index in [9.17, 15) is 4.79 Å². The fourth-order valence-electron chi connectivity index (χ4n) is 1.43. The Balaban J connectivity index is 2.46. The minimum Gasteiger partial charge on any atom is -0.368 e. The number of carbonyl (C=O) groups is 1. The van der Waals surface area contributed by atoms with Gasteiger partial charge >= 0.3 is 0 Å². The van der Waals surface area contributed by atoms with E-state index in [1.165, 1.54) is 0 Å². The van der Waals surface area contributed by atoms with Gasteiger partial charge in [0.15, 0.2) is 0 Å². The summed E-state index contributed by atoms with van der Waals surface area (Å²) >= 11 is 11.5. The minimum absolute atomic E-state index is 0.0986. The maximum absolute atomic E-state index is 11.8. The first-order chi connectivity index (χ1) is 7.11. The summed E-state index contributed by atoms with van der Waals surface area (Å²) in [6.07, 6.45) is 2.53. The zero-order valence-corrected chi connectivity index (χ0v) is 10.4. The highest BCUT2D eigenvalue weighted by Crippen LogP contribution is 2.15. The normalized spacial score (nSPS) is 22.5. The van der Waals surface area contributed by atoms with Crippen molar-refractivity contribution in [3.05, 3.63) is 0 Å². The average Bonchev–Trinajstić information content (AvgIpc) is 2.30. The van der Waals surface area contributed by atoms with Crippen LogP contribution in [0.1, 0.15) is 26.2 Å². The molecule has 0 saturated carbocycles. The standard InChI is InChI=1S/C10H17Cl2NO2/c1-10(6-11,7-12)13-9(14)8-4-2-3-5-15-8/h8H,2-7H2,1H3,(H,13,14). The van der Waals surface area contributed by atoms with Crippen molar-refractivity contribution in [3.63, 3.8) is 0 Å². The Morgan fingerprint density at radius 1 is 1.47 bits per heavy atom. The predicted octanol–water partition coefficient (Wildman–Crippen LogP) is 1.91. The van der Waals surface area contributed by atoms with Crippen LogP contribution < -0.4 is 5.32 Å². The number of rotatable bonds is 4. The first-order valence-electron chi connectivity index (χ1n) is 5.17. The first kappa shape index (κ1) is 13.1. The van der Waals surface area contributed by atoms with Crippen LogP contribution in [-0.4, -0.2) is 35.9 Å². The highest BCUT2D eigenvalue weighted by molar-refractivity contribution is 6.22. The third-order valence-corrected chi connectivity index (χ3v) is 3.67. The van der Waals surface area contributed by atoms with Crippen LogP contribution in [0.4, 0.5) is 0 Å². The molecule has 0 aromatic heterocycles. The van der Waals surface area contributed by atoms with Crippen LogP contribution >= 0.6 is 23.2 Å². The molecule has 1 aliphatic rings. The van der Waals surface area contributed by atoms with Gasteiger partial charge < -0.3 is 10.1 Å². The molecule has 1 N–H and O–H groups in total. The van der Waals surface area contributed by atoms with E-state index in [1.807, 2.05) is 6.92 Å². The SMILES string of the molecule is CC(CCl)(CCl)NC(=O)C1CCCCO1. The topological polar surface area (TPSA) is 38.3 Å². The van der Waals surface area contributed by atoms with E-state index in [-0.39, 0.29) is 12.0 Å². The van der Waals surface area contributed by atoms with E-state index in [0.717, 1.165) is 19.3 Å². The second-order valence-corrected chi connectivity index (χ2v) is 4.71. The molecule has 3 nitrogen and oxygen atoms in total. The van der Waals surface area contributed by atoms with Crippen molar-refractivity contribution >= 4 is 29.1 Å². The van der Waals surface area contributed by atoms with Gasteiger partial charge in [-0.05, 0) is 26.2 Å². The average molecular weight is 254 g/mol. The Bertz CT molecular complexity index is 213. The second kappa shape index (κ2) is 5.92. The van der Waals surface area contributed by atoms with Gasteiger partial charge in [0, 0.05) is 18.4 Å². The first-order valence-corrected chi connectivity index (χ1v) is 6.24. The molecule has 0 bridgehead atoms. The molecule has 1 aliphatic heterocycles. The number of hydrogen-bond acceptors (Lipinski definition) is 2. The second-order valence-electron chi connectivity index (χ2n) is 4.17. The van der Waals surface area contributed by atoms with Gasteiger partial charge in [0.05, 0.1) is 5.54 Å². The van der Waals surface area contributed by atoms with Crippen LogP contribution in [0.5, 0.6) is 0 Å². The monoisotopic (exact) mass is 253 g/mol. The van der Waals surface area contributed by atoms with Gasteiger partial charge in [-0.15, -0.1) is 23.2 Å². The number of carbonyl (C=O) groups excluding carboxylic acids is 1. The molecule has 0 aliphatic carbocycles. The minimum atomic E-state index is -0.541. The Morgan fingerprint density at radius 3 is 2.60 bits per heavy atom. The molecule has 1 atom stereocenters. The summed E-state index contributed by atoms with van der Waals surface area (Å²) < 4.78 is 5.38. The van der Waals surface area contributed by atoms with E-state index in [1.54, 1.807) is 0 Å². The molecule has 5 heteroatoms. The van der Waals surface area contributed by atoms with Crippen molar-refractivity contribution < 1.29 is 9.53 Å². The number of halogens is 2. The summed E-state index contributed by atoms with van der Waals surface area (Å²) in [5.41, 5.74) is -0.541. The van der Waals surface area contributed by atoms with E-state index in [0.29, 0.717) is 18.4 Å². The van der Waals surface area contributed by atoms with E-state index in [2.05, 4.69) is 5.32 Å². The number of alkyl halides is 2. The van der Waals surface area contributed by atoms with Crippen molar-refractivity contribution in [2.75, 3.05) is 18.4 Å². The van der Waals surface area contributed by atoms with Crippen molar-refractivity contribution in [1.82, 2.24) is 5.32 Å². The van der Waals surface area contributed by atoms with Crippen LogP contribution in [0, 0.1) is 0 Å². The van der Waals surface area contributed by atoms with Crippen LogP contribution in [0.15, 0.2) is 0 Å². The molecule has 1 saturated heterocycles. The van der Waals surface area contributed by atoms with Crippen molar-refractivity contribution in [2.45, 2.75) is 37.8 Å². The van der Waals surface area contributed by atoms with Gasteiger partial charge in [-0.1, -0.05) is 0 Å². The summed E-state index contributed by atoms with van der Waals surface area (Å²) in [7, 11) is 0. The Morgan fingerprint density at radius 2 is 2.13 bits per heavy atom. The van der Waals surface area contributed by atoms with Gasteiger partial charge in [-0.3, -0.25) is 4.79 Å². The van der Waals surface area contributed by atoms with Crippen LogP contribution in [-0.2, 0) is 9.53 Å². The van der Waals surface area contributed by atoms with E-state index < -0.39 is 5.54 Å². The van der Waals surface area contributed by atoms with E-state index >= 15 is 0 Å². The van der Waals surface area contributed by atoms with Crippen LogP contribution in [0.3, 0.4) is 0 Å². The van der Waals surface area contributed by atoms with E-state index in [4.69, 9.17) is 27.9 Å². The van der Waals surface area contributed by atoms with Crippen LogP contribution in [0.25, 0.3) is 0 Å². The third kappa shape index (κ3) is 3.82. The molecule has 0 aromatic rings. The molecule has 0 radical (unpaired) electrons. The molecule has 1 rings (SSSR count). The lowest BCUT2D eigenvalue weighted by Crippen LogP contribution is -2.53. The largest absolute Gasteiger partial charge is 0.368 e. The molecule has 1 heterocycles. The van der Waals surface area contributed by atoms with Gasteiger partial charge in [-0.2, -0.15) is 0 Å². The van der Waals surface area contributed by atoms with Gasteiger partial charge in [0.25, 0.3) is 0 Å². The molecule has 0 aromatic carbocycles. The maximum Gasteiger partial charge on any atom is 0.249 e. The van der Waals surface area contributed by atoms with Crippen LogP contribution in [0.2, 0.25) is 0 Å². The lowest BCUT2D eigenvalue weighted by Gasteiger charge is -2.29. The lowest BCUT2D eigenvalue weighted by molar-refractivity contribution is -0.136. The molecule has 88 valence electrons. The molecule has 0 spiro atoms. The zero-order chi connectivity index (χ0) is 11.3. The zero-order valence-electron chi connectivity index (χ0n) is 8.89. The quantitative estimate of drug-likeness (QED) is 0.778. The summed E-state index contributed by atoms with van der Waals surface area (Å²) in [5, 5.41) is 2.83. The Hall–Kier alpha value is 0.01000. The van der Waals surface area contributed by atoms with Crippen molar-refractivity contribution in [1.29, 1.82) is 0 Å². The lowest BCUT2D eigenvalue weighted by atomic mass is 10.0. The van der Waals surface area contributed by atoms with Gasteiger partial charge in [-0.25, -0.2) is 0 Å². The smallest absolute Gasteiger partial charge is 0.249 e. The molecule has 15 heavy (non-hydrogen) atoms. The Kier molecular flexibility index (Phi) is 5.16. The van der Waals surface area contributed by atoms with Gasteiger partial charge in [0.2, 0.25) is 5.91 Å². The third-order valence-electron chi connectivity index (χ3n) is 2.49. The predicted molar refractivity (Wildman–Crippen MR) is 61.6 cm³/mol. The summed E-state index contributed by atoms with van der Waals surface area (Å²) in [6.45, 7) is 2.49. The maximum atomic E-state index is 11.8.